The second-order valence-corrected chi connectivity index (χ2v) is 6.24. The molecule has 102 valence electrons. The van der Waals surface area contributed by atoms with Gasteiger partial charge in [0.25, 0.3) is 0 Å². The number of benzene rings is 1. The number of aromatic amines is 1. The van der Waals surface area contributed by atoms with Crippen LogP contribution in [0.4, 0.5) is 0 Å². The third-order valence-electron chi connectivity index (χ3n) is 4.41. The molecule has 1 aromatic heterocycles. The van der Waals surface area contributed by atoms with Gasteiger partial charge in [0.1, 0.15) is 0 Å². The van der Waals surface area contributed by atoms with Crippen LogP contribution in [0.1, 0.15) is 32.3 Å². The van der Waals surface area contributed by atoms with Crippen LogP contribution >= 0.6 is 0 Å². The fraction of sp³-hybridized carbons (Fsp3) is 0.500. The normalized spacial score (nSPS) is 23.8. The summed E-state index contributed by atoms with van der Waals surface area (Å²) in [6, 6.07) is 8.40. The summed E-state index contributed by atoms with van der Waals surface area (Å²) in [4.78, 5) is 5.73. The molecular weight excluding hydrogens is 236 g/mol. The molecule has 1 unspecified atom stereocenters. The van der Waals surface area contributed by atoms with Crippen molar-refractivity contribution in [3.63, 3.8) is 0 Å². The highest BCUT2D eigenvalue weighted by Crippen LogP contribution is 2.30. The van der Waals surface area contributed by atoms with Crippen molar-refractivity contribution < 1.29 is 5.11 Å². The number of aliphatic hydroxyl groups excluding tert-OH is 1. The number of fused-ring (bicyclic) bond motifs is 1. The fourth-order valence-corrected chi connectivity index (χ4v) is 3.02. The quantitative estimate of drug-likeness (QED) is 0.869. The highest BCUT2D eigenvalue weighted by Gasteiger charge is 2.33. The fourth-order valence-electron chi connectivity index (χ4n) is 3.02. The molecule has 0 saturated carbocycles. The minimum absolute atomic E-state index is 0.164. The van der Waals surface area contributed by atoms with Gasteiger partial charge in [-0.15, -0.1) is 0 Å². The molecule has 19 heavy (non-hydrogen) atoms. The summed E-state index contributed by atoms with van der Waals surface area (Å²) in [6.07, 6.45) is 3.88. The Morgan fingerprint density at radius 2 is 2.16 bits per heavy atom. The molecule has 0 spiro atoms. The van der Waals surface area contributed by atoms with E-state index in [0.29, 0.717) is 0 Å². The molecule has 1 saturated heterocycles. The van der Waals surface area contributed by atoms with Gasteiger partial charge in [-0.25, -0.2) is 0 Å². The van der Waals surface area contributed by atoms with Crippen molar-refractivity contribution >= 4 is 10.9 Å². The minimum atomic E-state index is -0.182. The summed E-state index contributed by atoms with van der Waals surface area (Å²) in [7, 11) is 0. The molecule has 0 aliphatic carbocycles. The van der Waals surface area contributed by atoms with Crippen molar-refractivity contribution in [2.24, 2.45) is 0 Å². The van der Waals surface area contributed by atoms with Crippen LogP contribution in [0.5, 0.6) is 0 Å². The van der Waals surface area contributed by atoms with E-state index in [1.165, 1.54) is 16.5 Å². The number of para-hydroxylation sites is 1. The first-order valence-corrected chi connectivity index (χ1v) is 7.04. The Kier molecular flexibility index (Phi) is 3.11. The lowest BCUT2D eigenvalue weighted by molar-refractivity contribution is -0.00936. The molecule has 0 bridgehead atoms. The highest BCUT2D eigenvalue weighted by molar-refractivity contribution is 5.82. The van der Waals surface area contributed by atoms with Gasteiger partial charge in [-0.05, 0) is 38.3 Å². The van der Waals surface area contributed by atoms with Gasteiger partial charge >= 0.3 is 0 Å². The van der Waals surface area contributed by atoms with Crippen LogP contribution in [0.2, 0.25) is 0 Å². The van der Waals surface area contributed by atoms with Crippen LogP contribution in [0.25, 0.3) is 10.9 Å². The summed E-state index contributed by atoms with van der Waals surface area (Å²) in [6.45, 7) is 6.21. The number of H-pyrrole nitrogens is 1. The minimum Gasteiger partial charge on any atom is -0.392 e. The number of piperidine rings is 1. The lowest BCUT2D eigenvalue weighted by atomic mass is 9.88. The molecule has 3 heteroatoms. The van der Waals surface area contributed by atoms with Crippen molar-refractivity contribution in [2.75, 3.05) is 6.54 Å². The number of hydrogen-bond donors (Lipinski definition) is 2. The second kappa shape index (κ2) is 4.66. The zero-order chi connectivity index (χ0) is 13.5. The Labute approximate surface area is 114 Å². The summed E-state index contributed by atoms with van der Waals surface area (Å²) in [5, 5.41) is 11.2. The standard InChI is InChI=1S/C16H22N2O/c1-16(2)8-7-13(19)11-18(16)10-12-9-17-15-6-4-3-5-14(12)15/h3-6,9,13,17,19H,7-8,10-11H2,1-2H3. The lowest BCUT2D eigenvalue weighted by Gasteiger charge is -2.44. The first-order chi connectivity index (χ1) is 9.06. The highest BCUT2D eigenvalue weighted by atomic mass is 16.3. The molecule has 1 fully saturated rings. The van der Waals surface area contributed by atoms with Gasteiger partial charge in [0, 0.05) is 35.7 Å². The van der Waals surface area contributed by atoms with E-state index in [0.717, 1.165) is 25.9 Å². The third kappa shape index (κ3) is 2.40. The Morgan fingerprint density at radius 3 is 3.00 bits per heavy atom. The van der Waals surface area contributed by atoms with Gasteiger partial charge in [0.05, 0.1) is 6.10 Å². The average molecular weight is 258 g/mol. The lowest BCUT2D eigenvalue weighted by Crippen LogP contribution is -2.51. The van der Waals surface area contributed by atoms with Gasteiger partial charge in [-0.3, -0.25) is 4.90 Å². The van der Waals surface area contributed by atoms with E-state index in [9.17, 15) is 5.11 Å². The summed E-state index contributed by atoms with van der Waals surface area (Å²) in [5.74, 6) is 0. The van der Waals surface area contributed by atoms with Crippen molar-refractivity contribution in [1.29, 1.82) is 0 Å². The van der Waals surface area contributed by atoms with Crippen molar-refractivity contribution in [3.05, 3.63) is 36.0 Å². The number of hydrogen-bond acceptors (Lipinski definition) is 2. The number of nitrogens with zero attached hydrogens (tertiary/aromatic N) is 1. The number of aromatic nitrogens is 1. The molecule has 2 heterocycles. The molecule has 0 amide bonds. The predicted octanol–water partition coefficient (Wildman–Crippen LogP) is 2.90. The molecule has 2 aromatic rings. The Morgan fingerprint density at radius 1 is 1.37 bits per heavy atom. The Bertz CT molecular complexity index is 573. The average Bonchev–Trinajstić information content (AvgIpc) is 2.78. The van der Waals surface area contributed by atoms with Crippen LogP contribution in [0.15, 0.2) is 30.5 Å². The van der Waals surface area contributed by atoms with Gasteiger partial charge in [0.15, 0.2) is 0 Å². The van der Waals surface area contributed by atoms with Crippen molar-refractivity contribution in [1.82, 2.24) is 9.88 Å². The topological polar surface area (TPSA) is 39.3 Å². The van der Waals surface area contributed by atoms with Gasteiger partial charge in [-0.2, -0.15) is 0 Å². The van der Waals surface area contributed by atoms with Gasteiger partial charge in [0.2, 0.25) is 0 Å². The van der Waals surface area contributed by atoms with Crippen LogP contribution in [-0.4, -0.2) is 33.2 Å². The summed E-state index contributed by atoms with van der Waals surface area (Å²) in [5.41, 5.74) is 2.67. The van der Waals surface area contributed by atoms with E-state index >= 15 is 0 Å². The third-order valence-corrected chi connectivity index (χ3v) is 4.41. The van der Waals surface area contributed by atoms with Gasteiger partial charge in [-0.1, -0.05) is 18.2 Å². The van der Waals surface area contributed by atoms with E-state index in [1.54, 1.807) is 0 Å². The first kappa shape index (κ1) is 12.7. The number of aliphatic hydroxyl groups is 1. The molecule has 3 nitrogen and oxygen atoms in total. The van der Waals surface area contributed by atoms with Crippen molar-refractivity contribution in [2.45, 2.75) is 44.9 Å². The van der Waals surface area contributed by atoms with Crippen LogP contribution in [0, 0.1) is 0 Å². The SMILES string of the molecule is CC1(C)CCC(O)CN1Cc1c[nH]c2ccccc12. The molecule has 1 aliphatic rings. The second-order valence-electron chi connectivity index (χ2n) is 6.24. The van der Waals surface area contributed by atoms with E-state index in [4.69, 9.17) is 0 Å². The maximum absolute atomic E-state index is 9.90. The Hall–Kier alpha value is -1.32. The number of β-amino-alcohol motifs (C(OH)–C–C–N with tert-alkyl or cyclic N) is 1. The molecule has 1 aromatic carbocycles. The van der Waals surface area contributed by atoms with E-state index in [2.05, 4.69) is 54.2 Å². The molecule has 1 aliphatic heterocycles. The van der Waals surface area contributed by atoms with E-state index < -0.39 is 0 Å². The van der Waals surface area contributed by atoms with Gasteiger partial charge < -0.3 is 10.1 Å². The molecule has 3 rings (SSSR count). The molecule has 0 radical (unpaired) electrons. The Balaban J connectivity index is 1.87. The smallest absolute Gasteiger partial charge is 0.0668 e. The number of likely N-dealkylation sites (tertiary alicyclic amines) is 1. The number of rotatable bonds is 2. The first-order valence-electron chi connectivity index (χ1n) is 7.04. The predicted molar refractivity (Wildman–Crippen MR) is 78.0 cm³/mol. The van der Waals surface area contributed by atoms with Crippen LogP contribution in [0.3, 0.4) is 0 Å². The van der Waals surface area contributed by atoms with Crippen molar-refractivity contribution in [3.8, 4) is 0 Å². The zero-order valence-corrected chi connectivity index (χ0v) is 11.7. The summed E-state index contributed by atoms with van der Waals surface area (Å²) >= 11 is 0. The summed E-state index contributed by atoms with van der Waals surface area (Å²) < 4.78 is 0. The maximum Gasteiger partial charge on any atom is 0.0668 e. The molecule has 2 N–H and O–H groups in total. The molecular formula is C16H22N2O. The van der Waals surface area contributed by atoms with Crippen LogP contribution < -0.4 is 0 Å². The zero-order valence-electron chi connectivity index (χ0n) is 11.7. The van der Waals surface area contributed by atoms with Crippen LogP contribution in [-0.2, 0) is 6.54 Å². The maximum atomic E-state index is 9.90. The number of nitrogens with one attached hydrogen (secondary N) is 1. The monoisotopic (exact) mass is 258 g/mol. The van der Waals surface area contributed by atoms with E-state index in [-0.39, 0.29) is 11.6 Å². The largest absolute Gasteiger partial charge is 0.392 e. The molecule has 1 atom stereocenters. The van der Waals surface area contributed by atoms with E-state index in [1.807, 2.05) is 0 Å².